The molecule has 1 aromatic rings. The quantitative estimate of drug-likeness (QED) is 0.787. The summed E-state index contributed by atoms with van der Waals surface area (Å²) in [5, 5.41) is 0. The van der Waals surface area contributed by atoms with Crippen LogP contribution < -0.4 is 11.5 Å². The van der Waals surface area contributed by atoms with Gasteiger partial charge in [0, 0.05) is 6.04 Å². The first-order chi connectivity index (χ1) is 7.69. The maximum Gasteiger partial charge on any atom is 0.337 e. The van der Waals surface area contributed by atoms with Gasteiger partial charge in [-0.3, -0.25) is 0 Å². The number of halogens is 1. The van der Waals surface area contributed by atoms with Crippen LogP contribution >= 0.6 is 12.4 Å². The van der Waals surface area contributed by atoms with Crippen LogP contribution in [0.2, 0.25) is 0 Å². The Kier molecular flexibility index (Phi) is 7.54. The van der Waals surface area contributed by atoms with Crippen molar-refractivity contribution < 1.29 is 9.53 Å². The minimum atomic E-state index is -0.340. The fourth-order valence-corrected chi connectivity index (χ4v) is 1.52. The predicted octanol–water partition coefficient (Wildman–Crippen LogP) is 1.63. The van der Waals surface area contributed by atoms with Gasteiger partial charge in [-0.15, -0.1) is 12.4 Å². The van der Waals surface area contributed by atoms with Crippen molar-refractivity contribution >= 4 is 18.4 Å². The number of carbonyl (C=O) groups excluding carboxylic acids is 1. The molecule has 1 rings (SSSR count). The molecule has 0 amide bonds. The van der Waals surface area contributed by atoms with Crippen LogP contribution in [0.1, 0.15) is 34.8 Å². The van der Waals surface area contributed by atoms with Gasteiger partial charge in [-0.05, 0) is 37.1 Å². The standard InChI is InChI=1S/C12H18N2O2.ClH/c1-16-12(15)10-5-2-4-9(8-10)11(14)6-3-7-13;/h2,4-5,8,11H,3,6-7,13-14H2,1H3;1H/t11-;/m1./s1. The van der Waals surface area contributed by atoms with Crippen molar-refractivity contribution in [3.8, 4) is 0 Å². The topological polar surface area (TPSA) is 78.3 Å². The fourth-order valence-electron chi connectivity index (χ4n) is 1.52. The monoisotopic (exact) mass is 258 g/mol. The molecule has 0 unspecified atom stereocenters. The highest BCUT2D eigenvalue weighted by Crippen LogP contribution is 2.17. The summed E-state index contributed by atoms with van der Waals surface area (Å²) in [6, 6.07) is 7.13. The SMILES string of the molecule is COC(=O)c1cccc([C@H](N)CCCN)c1.Cl. The van der Waals surface area contributed by atoms with Crippen molar-refractivity contribution in [3.05, 3.63) is 35.4 Å². The second-order valence-corrected chi connectivity index (χ2v) is 3.65. The van der Waals surface area contributed by atoms with E-state index >= 15 is 0 Å². The van der Waals surface area contributed by atoms with Crippen LogP contribution in [0.5, 0.6) is 0 Å². The first-order valence-electron chi connectivity index (χ1n) is 5.33. The van der Waals surface area contributed by atoms with Crippen molar-refractivity contribution in [2.24, 2.45) is 11.5 Å². The number of rotatable bonds is 5. The molecule has 0 radical (unpaired) electrons. The molecule has 17 heavy (non-hydrogen) atoms. The Morgan fingerprint density at radius 3 is 2.76 bits per heavy atom. The van der Waals surface area contributed by atoms with E-state index in [0.717, 1.165) is 18.4 Å². The van der Waals surface area contributed by atoms with Crippen LogP contribution in [0.15, 0.2) is 24.3 Å². The molecule has 0 fully saturated rings. The molecular weight excluding hydrogens is 240 g/mol. The number of hydrogen-bond donors (Lipinski definition) is 2. The normalized spacial score (nSPS) is 11.5. The van der Waals surface area contributed by atoms with E-state index in [9.17, 15) is 4.79 Å². The van der Waals surface area contributed by atoms with E-state index in [1.54, 1.807) is 12.1 Å². The number of nitrogens with two attached hydrogens (primary N) is 2. The van der Waals surface area contributed by atoms with Crippen molar-refractivity contribution in [2.45, 2.75) is 18.9 Å². The summed E-state index contributed by atoms with van der Waals surface area (Å²) in [6.07, 6.45) is 1.70. The van der Waals surface area contributed by atoms with E-state index in [-0.39, 0.29) is 24.4 Å². The molecule has 0 saturated heterocycles. The molecule has 0 heterocycles. The van der Waals surface area contributed by atoms with Gasteiger partial charge >= 0.3 is 5.97 Å². The number of carbonyl (C=O) groups is 1. The summed E-state index contributed by atoms with van der Waals surface area (Å²) in [6.45, 7) is 0.629. The largest absolute Gasteiger partial charge is 0.465 e. The van der Waals surface area contributed by atoms with E-state index in [1.165, 1.54) is 7.11 Å². The second kappa shape index (κ2) is 8.06. The number of hydrogen-bond acceptors (Lipinski definition) is 4. The molecule has 96 valence electrons. The molecule has 4 nitrogen and oxygen atoms in total. The molecule has 0 aliphatic heterocycles. The molecule has 5 heteroatoms. The summed E-state index contributed by atoms with van der Waals surface area (Å²) in [7, 11) is 1.36. The molecular formula is C12H19ClN2O2. The Labute approximate surface area is 108 Å². The average molecular weight is 259 g/mol. The van der Waals surface area contributed by atoms with E-state index < -0.39 is 0 Å². The van der Waals surface area contributed by atoms with E-state index in [2.05, 4.69) is 4.74 Å². The van der Waals surface area contributed by atoms with Crippen molar-refractivity contribution in [1.29, 1.82) is 0 Å². The molecule has 0 bridgehead atoms. The Bertz CT molecular complexity index is 358. The Morgan fingerprint density at radius 2 is 2.18 bits per heavy atom. The van der Waals surface area contributed by atoms with Crippen LogP contribution in [0.25, 0.3) is 0 Å². The molecule has 0 aliphatic rings. The maximum atomic E-state index is 11.3. The molecule has 0 spiro atoms. The minimum Gasteiger partial charge on any atom is -0.465 e. The lowest BCUT2D eigenvalue weighted by molar-refractivity contribution is 0.0600. The van der Waals surface area contributed by atoms with E-state index in [1.807, 2.05) is 12.1 Å². The third kappa shape index (κ3) is 4.73. The van der Waals surface area contributed by atoms with Gasteiger partial charge < -0.3 is 16.2 Å². The second-order valence-electron chi connectivity index (χ2n) is 3.65. The van der Waals surface area contributed by atoms with Crippen molar-refractivity contribution in [2.75, 3.05) is 13.7 Å². The first-order valence-corrected chi connectivity index (χ1v) is 5.33. The minimum absolute atomic E-state index is 0. The van der Waals surface area contributed by atoms with Gasteiger partial charge in [-0.25, -0.2) is 4.79 Å². The summed E-state index contributed by atoms with van der Waals surface area (Å²) in [5.74, 6) is -0.340. The number of esters is 1. The Balaban J connectivity index is 0.00000256. The molecule has 4 N–H and O–H groups in total. The first kappa shape index (κ1) is 15.9. The molecule has 0 aromatic heterocycles. The Morgan fingerprint density at radius 1 is 1.47 bits per heavy atom. The zero-order valence-corrected chi connectivity index (χ0v) is 10.7. The smallest absolute Gasteiger partial charge is 0.337 e. The Hall–Kier alpha value is -1.10. The lowest BCUT2D eigenvalue weighted by Gasteiger charge is -2.12. The highest BCUT2D eigenvalue weighted by molar-refractivity contribution is 5.89. The van der Waals surface area contributed by atoms with Gasteiger partial charge in [0.1, 0.15) is 0 Å². The highest BCUT2D eigenvalue weighted by atomic mass is 35.5. The molecule has 1 atom stereocenters. The van der Waals surface area contributed by atoms with Gasteiger partial charge in [0.25, 0.3) is 0 Å². The lowest BCUT2D eigenvalue weighted by Crippen LogP contribution is -2.13. The number of benzene rings is 1. The van der Waals surface area contributed by atoms with Crippen LogP contribution in [0, 0.1) is 0 Å². The van der Waals surface area contributed by atoms with Crippen molar-refractivity contribution in [1.82, 2.24) is 0 Å². The summed E-state index contributed by atoms with van der Waals surface area (Å²) in [5.41, 5.74) is 12.9. The van der Waals surface area contributed by atoms with Gasteiger partial charge in [-0.2, -0.15) is 0 Å². The van der Waals surface area contributed by atoms with Crippen LogP contribution in [0.4, 0.5) is 0 Å². The van der Waals surface area contributed by atoms with Gasteiger partial charge in [-0.1, -0.05) is 12.1 Å². The molecule has 0 saturated carbocycles. The number of methoxy groups -OCH3 is 1. The molecule has 1 aromatic carbocycles. The summed E-state index contributed by atoms with van der Waals surface area (Å²) >= 11 is 0. The van der Waals surface area contributed by atoms with Crippen molar-refractivity contribution in [3.63, 3.8) is 0 Å². The average Bonchev–Trinajstić information content (AvgIpc) is 2.35. The zero-order valence-electron chi connectivity index (χ0n) is 9.89. The summed E-state index contributed by atoms with van der Waals surface area (Å²) < 4.78 is 4.65. The lowest BCUT2D eigenvalue weighted by atomic mass is 10.0. The maximum absolute atomic E-state index is 11.3. The van der Waals surface area contributed by atoms with E-state index in [4.69, 9.17) is 11.5 Å². The fraction of sp³-hybridized carbons (Fsp3) is 0.417. The van der Waals surface area contributed by atoms with E-state index in [0.29, 0.717) is 12.1 Å². The zero-order chi connectivity index (χ0) is 12.0. The van der Waals surface area contributed by atoms with Gasteiger partial charge in [0.15, 0.2) is 0 Å². The number of ether oxygens (including phenoxy) is 1. The predicted molar refractivity (Wildman–Crippen MR) is 70.2 cm³/mol. The van der Waals surface area contributed by atoms with Crippen LogP contribution in [-0.2, 0) is 4.74 Å². The third-order valence-electron chi connectivity index (χ3n) is 2.46. The molecule has 0 aliphatic carbocycles. The van der Waals surface area contributed by atoms with Crippen LogP contribution in [-0.4, -0.2) is 19.6 Å². The highest BCUT2D eigenvalue weighted by Gasteiger charge is 2.09. The van der Waals surface area contributed by atoms with Gasteiger partial charge in [0.2, 0.25) is 0 Å². The van der Waals surface area contributed by atoms with Gasteiger partial charge in [0.05, 0.1) is 12.7 Å². The summed E-state index contributed by atoms with van der Waals surface area (Å²) in [4.78, 5) is 11.3. The van der Waals surface area contributed by atoms with Crippen LogP contribution in [0.3, 0.4) is 0 Å². The third-order valence-corrected chi connectivity index (χ3v) is 2.46.